The second-order valence-corrected chi connectivity index (χ2v) is 9.70. The highest BCUT2D eigenvalue weighted by Crippen LogP contribution is 2.32. The minimum atomic E-state index is -4.06. The van der Waals surface area contributed by atoms with E-state index in [-0.39, 0.29) is 22.5 Å². The first-order chi connectivity index (χ1) is 15.4. The van der Waals surface area contributed by atoms with Crippen LogP contribution in [0.4, 0.5) is 10.1 Å². The molecule has 1 aromatic heterocycles. The third-order valence-electron chi connectivity index (χ3n) is 5.85. The van der Waals surface area contributed by atoms with Crippen LogP contribution in [0.25, 0.3) is 0 Å². The van der Waals surface area contributed by atoms with Gasteiger partial charge >= 0.3 is 0 Å². The number of aryl methyl sites for hydroxylation is 1. The van der Waals surface area contributed by atoms with Gasteiger partial charge in [-0.05, 0) is 55.3 Å². The number of nitrogens with zero attached hydrogens (tertiary/aromatic N) is 2. The Morgan fingerprint density at radius 3 is 2.59 bits per heavy atom. The van der Waals surface area contributed by atoms with Gasteiger partial charge in [-0.2, -0.15) is 0 Å². The van der Waals surface area contributed by atoms with Gasteiger partial charge in [0.15, 0.2) is 0 Å². The number of anilines is 1. The maximum absolute atomic E-state index is 13.9. The Bertz CT molecular complexity index is 1220. The maximum atomic E-state index is 13.9. The number of benzene rings is 2. The molecule has 2 aromatic carbocycles. The maximum Gasteiger partial charge on any atom is 0.262 e. The fourth-order valence-corrected chi connectivity index (χ4v) is 5.30. The molecular weight excluding hydrogens is 429 g/mol. The smallest absolute Gasteiger partial charge is 0.262 e. The topological polar surface area (TPSA) is 71.4 Å². The van der Waals surface area contributed by atoms with Crippen LogP contribution in [-0.4, -0.2) is 30.3 Å². The predicted molar refractivity (Wildman–Crippen MR) is 121 cm³/mol. The Morgan fingerprint density at radius 2 is 1.84 bits per heavy atom. The molecule has 1 amide bonds. The van der Waals surface area contributed by atoms with Crippen molar-refractivity contribution in [2.45, 2.75) is 36.6 Å². The third-order valence-corrected chi connectivity index (χ3v) is 7.21. The summed E-state index contributed by atoms with van der Waals surface area (Å²) in [4.78, 5) is 15.3. The van der Waals surface area contributed by atoms with Crippen molar-refractivity contribution < 1.29 is 17.6 Å². The molecule has 4 rings (SSSR count). The molecule has 1 unspecified atom stereocenters. The van der Waals surface area contributed by atoms with Crippen molar-refractivity contribution in [3.63, 3.8) is 0 Å². The van der Waals surface area contributed by atoms with E-state index in [1.807, 2.05) is 34.8 Å². The molecule has 32 heavy (non-hydrogen) atoms. The SMILES string of the molecule is Cn1cccc1C1CCCCCN1C(=O)c1cccc(S(=O)(=O)Nc2ccccc2F)c1. The number of rotatable bonds is 5. The van der Waals surface area contributed by atoms with Crippen molar-refractivity contribution >= 4 is 21.6 Å². The summed E-state index contributed by atoms with van der Waals surface area (Å²) in [5, 5.41) is 0. The molecule has 1 saturated heterocycles. The molecule has 0 bridgehead atoms. The van der Waals surface area contributed by atoms with E-state index in [1.54, 1.807) is 18.2 Å². The Hall–Kier alpha value is -3.13. The molecular formula is C24H26FN3O3S. The highest BCUT2D eigenvalue weighted by atomic mass is 32.2. The lowest BCUT2D eigenvalue weighted by Crippen LogP contribution is -2.35. The van der Waals surface area contributed by atoms with Crippen LogP contribution in [0, 0.1) is 5.82 Å². The molecule has 0 aliphatic carbocycles. The van der Waals surface area contributed by atoms with Gasteiger partial charge in [0.25, 0.3) is 15.9 Å². The van der Waals surface area contributed by atoms with E-state index in [0.29, 0.717) is 12.1 Å². The number of aromatic nitrogens is 1. The van der Waals surface area contributed by atoms with Crippen LogP contribution < -0.4 is 4.72 Å². The van der Waals surface area contributed by atoms with Gasteiger partial charge in [0.2, 0.25) is 0 Å². The molecule has 8 heteroatoms. The van der Waals surface area contributed by atoms with E-state index in [0.717, 1.165) is 31.4 Å². The lowest BCUT2D eigenvalue weighted by molar-refractivity contribution is 0.0674. The number of amides is 1. The highest BCUT2D eigenvalue weighted by molar-refractivity contribution is 7.92. The van der Waals surface area contributed by atoms with Crippen LogP contribution in [0.15, 0.2) is 71.8 Å². The minimum Gasteiger partial charge on any atom is -0.353 e. The first kappa shape index (κ1) is 22.1. The summed E-state index contributed by atoms with van der Waals surface area (Å²) in [6.07, 6.45) is 5.80. The summed E-state index contributed by atoms with van der Waals surface area (Å²) >= 11 is 0. The largest absolute Gasteiger partial charge is 0.353 e. The first-order valence-electron chi connectivity index (χ1n) is 10.7. The minimum absolute atomic E-state index is 0.0678. The van der Waals surface area contributed by atoms with Crippen LogP contribution in [0.5, 0.6) is 0 Å². The second-order valence-electron chi connectivity index (χ2n) is 8.02. The zero-order valence-electron chi connectivity index (χ0n) is 17.9. The van der Waals surface area contributed by atoms with Crippen LogP contribution >= 0.6 is 0 Å². The lowest BCUT2D eigenvalue weighted by atomic mass is 10.1. The van der Waals surface area contributed by atoms with Crippen LogP contribution in [0.1, 0.15) is 47.8 Å². The van der Waals surface area contributed by atoms with Gasteiger partial charge in [-0.25, -0.2) is 12.8 Å². The summed E-state index contributed by atoms with van der Waals surface area (Å²) < 4.78 is 43.9. The molecule has 168 valence electrons. The van der Waals surface area contributed by atoms with Gasteiger partial charge in [-0.1, -0.05) is 31.0 Å². The van der Waals surface area contributed by atoms with Crippen molar-refractivity contribution in [2.24, 2.45) is 7.05 Å². The van der Waals surface area contributed by atoms with Crippen LogP contribution in [-0.2, 0) is 17.1 Å². The summed E-state index contributed by atoms with van der Waals surface area (Å²) in [6, 6.07) is 15.4. The second kappa shape index (κ2) is 9.16. The number of hydrogen-bond acceptors (Lipinski definition) is 3. The number of halogens is 1. The van der Waals surface area contributed by atoms with Gasteiger partial charge in [0.1, 0.15) is 5.82 Å². The predicted octanol–water partition coefficient (Wildman–Crippen LogP) is 4.72. The van der Waals surface area contributed by atoms with E-state index < -0.39 is 15.8 Å². The number of sulfonamides is 1. The van der Waals surface area contributed by atoms with Gasteiger partial charge in [-0.15, -0.1) is 0 Å². The number of likely N-dealkylation sites (tertiary alicyclic amines) is 1. The molecule has 3 aromatic rings. The molecule has 1 N–H and O–H groups in total. The van der Waals surface area contributed by atoms with Crippen molar-refractivity contribution in [3.8, 4) is 0 Å². The normalized spacial score (nSPS) is 17.1. The van der Waals surface area contributed by atoms with Crippen LogP contribution in [0.3, 0.4) is 0 Å². The highest BCUT2D eigenvalue weighted by Gasteiger charge is 2.29. The number of nitrogens with one attached hydrogen (secondary N) is 1. The molecule has 0 spiro atoms. The summed E-state index contributed by atoms with van der Waals surface area (Å²) in [5.74, 6) is -0.876. The average molecular weight is 456 g/mol. The fraction of sp³-hybridized carbons (Fsp3) is 0.292. The van der Waals surface area contributed by atoms with Crippen molar-refractivity contribution in [1.29, 1.82) is 0 Å². The third kappa shape index (κ3) is 4.55. The average Bonchev–Trinajstić information content (AvgIpc) is 3.06. The summed E-state index contributed by atoms with van der Waals surface area (Å²) in [6.45, 7) is 0.610. The Balaban J connectivity index is 1.64. The molecule has 0 radical (unpaired) electrons. The van der Waals surface area contributed by atoms with E-state index in [4.69, 9.17) is 0 Å². The molecule has 1 atom stereocenters. The Morgan fingerprint density at radius 1 is 1.03 bits per heavy atom. The fourth-order valence-electron chi connectivity index (χ4n) is 4.19. The zero-order valence-corrected chi connectivity index (χ0v) is 18.7. The summed E-state index contributed by atoms with van der Waals surface area (Å²) in [5.41, 5.74) is 1.22. The molecule has 1 aliphatic rings. The van der Waals surface area contributed by atoms with Crippen molar-refractivity contribution in [1.82, 2.24) is 9.47 Å². The molecule has 6 nitrogen and oxygen atoms in total. The zero-order chi connectivity index (χ0) is 22.7. The number of hydrogen-bond donors (Lipinski definition) is 1. The van der Waals surface area contributed by atoms with Crippen molar-refractivity contribution in [2.75, 3.05) is 11.3 Å². The number of carbonyl (C=O) groups is 1. The van der Waals surface area contributed by atoms with Gasteiger partial charge in [-0.3, -0.25) is 9.52 Å². The first-order valence-corrected chi connectivity index (χ1v) is 12.1. The number of carbonyl (C=O) groups excluding carboxylic acids is 1. The van der Waals surface area contributed by atoms with E-state index in [2.05, 4.69) is 4.72 Å². The van der Waals surface area contributed by atoms with Gasteiger partial charge in [0, 0.05) is 31.0 Å². The van der Waals surface area contributed by atoms with E-state index in [1.165, 1.54) is 30.3 Å². The molecule has 0 saturated carbocycles. The molecule has 1 fully saturated rings. The van der Waals surface area contributed by atoms with Crippen molar-refractivity contribution in [3.05, 3.63) is 83.9 Å². The van der Waals surface area contributed by atoms with Gasteiger partial charge < -0.3 is 9.47 Å². The summed E-state index contributed by atoms with van der Waals surface area (Å²) in [7, 11) is -2.10. The monoisotopic (exact) mass is 455 g/mol. The Kier molecular flexibility index (Phi) is 6.32. The molecule has 1 aliphatic heterocycles. The van der Waals surface area contributed by atoms with Gasteiger partial charge in [0.05, 0.1) is 16.6 Å². The van der Waals surface area contributed by atoms with E-state index >= 15 is 0 Å². The molecule has 2 heterocycles. The standard InChI is InChI=1S/C24H26FN3O3S/c1-27-15-8-14-22(27)23-13-3-2-6-16-28(23)24(29)18-9-7-10-19(17-18)32(30,31)26-21-12-5-4-11-20(21)25/h4-5,7-12,14-15,17,23,26H,2-3,6,13,16H2,1H3. The Labute approximate surface area is 187 Å². The van der Waals surface area contributed by atoms with Crippen LogP contribution in [0.2, 0.25) is 0 Å². The lowest BCUT2D eigenvalue weighted by Gasteiger charge is -2.31. The quantitative estimate of drug-likeness (QED) is 0.605. The number of para-hydroxylation sites is 1. The van der Waals surface area contributed by atoms with E-state index in [9.17, 15) is 17.6 Å².